The molecule has 0 saturated carbocycles. The summed E-state index contributed by atoms with van der Waals surface area (Å²) < 4.78 is 13.3. The predicted octanol–water partition coefficient (Wildman–Crippen LogP) is 6.31. The van der Waals surface area contributed by atoms with Gasteiger partial charge in [-0.2, -0.15) is 5.26 Å². The highest BCUT2D eigenvalue weighted by atomic mass is 35.5. The van der Waals surface area contributed by atoms with Crippen LogP contribution in [-0.2, 0) is 16.6 Å². The van der Waals surface area contributed by atoms with E-state index in [2.05, 4.69) is 11.1 Å². The molecule has 0 spiro atoms. The van der Waals surface area contributed by atoms with E-state index in [0.717, 1.165) is 27.3 Å². The summed E-state index contributed by atoms with van der Waals surface area (Å²) in [4.78, 5) is 5.62. The van der Waals surface area contributed by atoms with E-state index < -0.39 is 10.8 Å². The highest BCUT2D eigenvalue weighted by Crippen LogP contribution is 2.33. The third-order valence-electron chi connectivity index (χ3n) is 4.38. The predicted molar refractivity (Wildman–Crippen MR) is 119 cm³/mol. The Bertz CT molecular complexity index is 1200. The third kappa shape index (κ3) is 4.30. The summed E-state index contributed by atoms with van der Waals surface area (Å²) in [5, 5.41) is 12.8. The van der Waals surface area contributed by atoms with Crippen LogP contribution in [0.4, 0.5) is 0 Å². The highest BCUT2D eigenvalue weighted by molar-refractivity contribution is 7.84. The average molecular weight is 435 g/mol. The molecule has 0 saturated heterocycles. The van der Waals surface area contributed by atoms with Gasteiger partial charge in [-0.1, -0.05) is 60.1 Å². The maximum atomic E-state index is 13.3. The van der Waals surface area contributed by atoms with Crippen molar-refractivity contribution >= 4 is 33.7 Å². The van der Waals surface area contributed by atoms with Gasteiger partial charge in [0.15, 0.2) is 0 Å². The molecule has 0 aliphatic carbocycles. The van der Waals surface area contributed by atoms with Crippen molar-refractivity contribution in [2.24, 2.45) is 0 Å². The molecule has 29 heavy (non-hydrogen) atoms. The Hall–Kier alpha value is -2.78. The zero-order valence-corrected chi connectivity index (χ0v) is 17.6. The van der Waals surface area contributed by atoms with Gasteiger partial charge in [0.1, 0.15) is 11.1 Å². The molecule has 0 bridgehead atoms. The van der Waals surface area contributed by atoms with E-state index in [-0.39, 0.29) is 5.75 Å². The van der Waals surface area contributed by atoms with E-state index in [1.165, 1.54) is 0 Å². The Balaban J connectivity index is 1.85. The summed E-state index contributed by atoms with van der Waals surface area (Å²) in [6.45, 7) is 0. The number of halogens is 1. The first-order valence-corrected chi connectivity index (χ1v) is 11.4. The fourth-order valence-electron chi connectivity index (χ4n) is 2.99. The first kappa shape index (κ1) is 19.5. The third-order valence-corrected chi connectivity index (χ3v) is 6.85. The van der Waals surface area contributed by atoms with Crippen LogP contribution in [0.1, 0.15) is 11.1 Å². The molecule has 0 amide bonds. The first-order valence-electron chi connectivity index (χ1n) is 8.83. The molecule has 4 aromatic rings. The second-order valence-corrected chi connectivity index (χ2v) is 9.06. The van der Waals surface area contributed by atoms with Gasteiger partial charge in [0.2, 0.25) is 0 Å². The lowest BCUT2D eigenvalue weighted by atomic mass is 10.0. The number of hydrogen-bond acceptors (Lipinski definition) is 4. The van der Waals surface area contributed by atoms with E-state index in [1.54, 1.807) is 23.5 Å². The van der Waals surface area contributed by atoms with Crippen LogP contribution in [0.2, 0.25) is 5.02 Å². The molecular weight excluding hydrogens is 420 g/mol. The Kier molecular flexibility index (Phi) is 5.86. The van der Waals surface area contributed by atoms with Crippen molar-refractivity contribution in [2.75, 3.05) is 0 Å². The van der Waals surface area contributed by atoms with Gasteiger partial charge < -0.3 is 0 Å². The van der Waals surface area contributed by atoms with E-state index in [4.69, 9.17) is 11.6 Å². The molecule has 2 aromatic carbocycles. The average Bonchev–Trinajstić information content (AvgIpc) is 3.30. The molecule has 1 atom stereocenters. The number of benzene rings is 2. The van der Waals surface area contributed by atoms with Crippen molar-refractivity contribution in [3.8, 4) is 27.8 Å². The fourth-order valence-corrected chi connectivity index (χ4v) is 5.02. The van der Waals surface area contributed by atoms with Gasteiger partial charge in [-0.3, -0.25) is 4.21 Å². The highest BCUT2D eigenvalue weighted by Gasteiger charge is 2.20. The van der Waals surface area contributed by atoms with Crippen molar-refractivity contribution in [3.63, 3.8) is 0 Å². The Morgan fingerprint density at radius 2 is 1.79 bits per heavy atom. The number of nitrogens with zero attached hydrogens (tertiary/aromatic N) is 2. The molecule has 142 valence electrons. The van der Waals surface area contributed by atoms with Gasteiger partial charge in [0.05, 0.1) is 32.7 Å². The van der Waals surface area contributed by atoms with Gasteiger partial charge >= 0.3 is 0 Å². The topological polar surface area (TPSA) is 53.8 Å². The van der Waals surface area contributed by atoms with Crippen LogP contribution in [-0.4, -0.2) is 9.19 Å². The molecule has 0 radical (unpaired) electrons. The molecule has 0 fully saturated rings. The van der Waals surface area contributed by atoms with Crippen molar-refractivity contribution in [1.29, 1.82) is 5.26 Å². The maximum absolute atomic E-state index is 13.3. The molecule has 0 N–H and O–H groups in total. The summed E-state index contributed by atoms with van der Waals surface area (Å²) in [5.74, 6) is 0.265. The summed E-state index contributed by atoms with van der Waals surface area (Å²) in [5.41, 5.74) is 3.59. The Labute approximate surface area is 180 Å². The molecule has 2 heterocycles. The van der Waals surface area contributed by atoms with Crippen LogP contribution in [0.15, 0.2) is 83.2 Å². The Morgan fingerprint density at radius 3 is 2.45 bits per heavy atom. The smallest absolute Gasteiger partial charge is 0.146 e. The minimum atomic E-state index is -1.48. The molecule has 6 heteroatoms. The Morgan fingerprint density at radius 1 is 1.03 bits per heavy atom. The van der Waals surface area contributed by atoms with Crippen molar-refractivity contribution in [2.45, 2.75) is 10.8 Å². The summed E-state index contributed by atoms with van der Waals surface area (Å²) in [7, 11) is -1.48. The van der Waals surface area contributed by atoms with Crippen LogP contribution >= 0.6 is 22.9 Å². The van der Waals surface area contributed by atoms with Crippen molar-refractivity contribution < 1.29 is 4.21 Å². The summed E-state index contributed by atoms with van der Waals surface area (Å²) in [6, 6.07) is 24.9. The minimum Gasteiger partial charge on any atom is -0.252 e. The standard InChI is InChI=1S/C23H15ClN2OS2/c24-18-10-8-16(9-11-18)15-29(27)23-20(14-25)19(17-5-2-1-3-6-17)13-21(26-23)22-7-4-12-28-22/h1-13H,15H2/t29-/m0/s1. The van der Waals surface area contributed by atoms with Gasteiger partial charge in [-0.15, -0.1) is 11.3 Å². The summed E-state index contributed by atoms with van der Waals surface area (Å²) in [6.07, 6.45) is 0. The molecule has 0 aliphatic heterocycles. The largest absolute Gasteiger partial charge is 0.252 e. The molecular formula is C23H15ClN2OS2. The lowest BCUT2D eigenvalue weighted by molar-refractivity contribution is 0.679. The molecule has 0 aliphatic rings. The van der Waals surface area contributed by atoms with E-state index in [0.29, 0.717) is 15.6 Å². The number of rotatable bonds is 5. The number of hydrogen-bond donors (Lipinski definition) is 0. The lowest BCUT2D eigenvalue weighted by Crippen LogP contribution is -2.05. The van der Waals surface area contributed by atoms with Gasteiger partial charge in [-0.05, 0) is 40.8 Å². The lowest BCUT2D eigenvalue weighted by Gasteiger charge is -2.12. The second kappa shape index (κ2) is 8.71. The molecule has 2 aromatic heterocycles. The normalized spacial score (nSPS) is 11.7. The van der Waals surface area contributed by atoms with E-state index in [9.17, 15) is 9.47 Å². The van der Waals surface area contributed by atoms with E-state index in [1.807, 2.05) is 66.0 Å². The number of pyridine rings is 1. The second-order valence-electron chi connectivity index (χ2n) is 6.31. The molecule has 4 rings (SSSR count). The first-order chi connectivity index (χ1) is 14.2. The van der Waals surface area contributed by atoms with Crippen LogP contribution in [0, 0.1) is 11.3 Å². The number of thiophene rings is 1. The quantitative estimate of drug-likeness (QED) is 0.369. The van der Waals surface area contributed by atoms with Gasteiger partial charge in [-0.25, -0.2) is 4.98 Å². The zero-order chi connectivity index (χ0) is 20.2. The van der Waals surface area contributed by atoms with Crippen LogP contribution in [0.3, 0.4) is 0 Å². The SMILES string of the molecule is N#Cc1c(-c2ccccc2)cc(-c2cccs2)nc1[S@@](=O)Cc1ccc(Cl)cc1. The zero-order valence-electron chi connectivity index (χ0n) is 15.2. The minimum absolute atomic E-state index is 0.265. The maximum Gasteiger partial charge on any atom is 0.146 e. The number of aromatic nitrogens is 1. The fraction of sp³-hybridized carbons (Fsp3) is 0.0435. The van der Waals surface area contributed by atoms with Crippen LogP contribution < -0.4 is 0 Å². The van der Waals surface area contributed by atoms with Crippen molar-refractivity contribution in [3.05, 3.63) is 94.3 Å². The van der Waals surface area contributed by atoms with Crippen LogP contribution in [0.5, 0.6) is 0 Å². The van der Waals surface area contributed by atoms with Gasteiger partial charge in [0.25, 0.3) is 0 Å². The van der Waals surface area contributed by atoms with Crippen LogP contribution in [0.25, 0.3) is 21.7 Å². The van der Waals surface area contributed by atoms with Crippen molar-refractivity contribution in [1.82, 2.24) is 4.98 Å². The van der Waals surface area contributed by atoms with E-state index >= 15 is 0 Å². The number of nitriles is 1. The summed E-state index contributed by atoms with van der Waals surface area (Å²) >= 11 is 7.51. The molecule has 0 unspecified atom stereocenters. The molecule has 3 nitrogen and oxygen atoms in total. The van der Waals surface area contributed by atoms with Gasteiger partial charge in [0, 0.05) is 10.6 Å². The monoisotopic (exact) mass is 434 g/mol.